The van der Waals surface area contributed by atoms with Crippen LogP contribution in [-0.4, -0.2) is 19.8 Å². The lowest BCUT2D eigenvalue weighted by Gasteiger charge is -2.60. The summed E-state index contributed by atoms with van der Waals surface area (Å²) in [7, 11) is 1.38. The van der Waals surface area contributed by atoms with Gasteiger partial charge in [-0.2, -0.15) is 0 Å². The van der Waals surface area contributed by atoms with Crippen molar-refractivity contribution in [3.05, 3.63) is 0 Å². The van der Waals surface area contributed by atoms with E-state index < -0.39 is 12.6 Å². The minimum absolute atomic E-state index is 0.366. The van der Waals surface area contributed by atoms with Crippen LogP contribution in [0.2, 0.25) is 0 Å². The SMILES string of the molecule is COC(=O)C(CF)CCC1CCC2C3CCC4CCCCC4(C)C3CCC12C. The molecule has 4 fully saturated rings. The number of ether oxygens (including phenoxy) is 1. The molecule has 28 heavy (non-hydrogen) atoms. The number of carbonyl (C=O) groups is 1. The molecule has 0 aromatic heterocycles. The zero-order chi connectivity index (χ0) is 19.9. The fourth-order valence-electron chi connectivity index (χ4n) is 8.71. The third-order valence-corrected chi connectivity index (χ3v) is 10.4. The predicted molar refractivity (Wildman–Crippen MR) is 111 cm³/mol. The monoisotopic (exact) mass is 392 g/mol. The molecular formula is C25H41FO2. The van der Waals surface area contributed by atoms with E-state index in [0.29, 0.717) is 23.2 Å². The predicted octanol–water partition coefficient (Wildman–Crippen LogP) is 6.57. The molecule has 0 N–H and O–H groups in total. The van der Waals surface area contributed by atoms with Crippen molar-refractivity contribution in [1.29, 1.82) is 0 Å². The first-order chi connectivity index (χ1) is 13.4. The number of carbonyl (C=O) groups excluding carboxylic acids is 1. The van der Waals surface area contributed by atoms with Gasteiger partial charge < -0.3 is 4.74 Å². The van der Waals surface area contributed by atoms with Crippen LogP contribution in [0, 0.1) is 46.3 Å². The van der Waals surface area contributed by atoms with Gasteiger partial charge >= 0.3 is 5.97 Å². The maximum Gasteiger partial charge on any atom is 0.311 e. The Morgan fingerprint density at radius 1 is 1.00 bits per heavy atom. The van der Waals surface area contributed by atoms with Crippen LogP contribution >= 0.6 is 0 Å². The Morgan fingerprint density at radius 3 is 2.54 bits per heavy atom. The molecule has 0 heterocycles. The molecule has 3 heteroatoms. The van der Waals surface area contributed by atoms with Crippen molar-refractivity contribution in [3.63, 3.8) is 0 Å². The maximum atomic E-state index is 13.3. The molecule has 0 spiro atoms. The molecule has 0 saturated heterocycles. The minimum Gasteiger partial charge on any atom is -0.469 e. The smallest absolute Gasteiger partial charge is 0.311 e. The van der Waals surface area contributed by atoms with Crippen LogP contribution < -0.4 is 0 Å². The highest BCUT2D eigenvalue weighted by atomic mass is 19.1. The Bertz CT molecular complexity index is 577. The summed E-state index contributed by atoms with van der Waals surface area (Å²) in [6.45, 7) is 4.61. The van der Waals surface area contributed by atoms with Crippen molar-refractivity contribution in [2.75, 3.05) is 13.8 Å². The molecule has 0 bridgehead atoms. The first-order valence-corrected chi connectivity index (χ1v) is 12.1. The highest BCUT2D eigenvalue weighted by Gasteiger charge is 2.59. The summed E-state index contributed by atoms with van der Waals surface area (Å²) in [4.78, 5) is 11.8. The third kappa shape index (κ3) is 3.23. The van der Waals surface area contributed by atoms with E-state index in [9.17, 15) is 9.18 Å². The highest BCUT2D eigenvalue weighted by Crippen LogP contribution is 2.67. The number of esters is 1. The summed E-state index contributed by atoms with van der Waals surface area (Å²) in [5, 5.41) is 0. The van der Waals surface area contributed by atoms with E-state index in [1.165, 1.54) is 71.3 Å². The summed E-state index contributed by atoms with van der Waals surface area (Å²) in [5.41, 5.74) is 1.01. The second-order valence-corrected chi connectivity index (χ2v) is 11.2. The third-order valence-electron chi connectivity index (χ3n) is 10.4. The Morgan fingerprint density at radius 2 is 1.79 bits per heavy atom. The van der Waals surface area contributed by atoms with Crippen LogP contribution in [0.5, 0.6) is 0 Å². The van der Waals surface area contributed by atoms with Crippen molar-refractivity contribution >= 4 is 5.97 Å². The molecular weight excluding hydrogens is 351 g/mol. The van der Waals surface area contributed by atoms with Crippen LogP contribution in [0.25, 0.3) is 0 Å². The van der Waals surface area contributed by atoms with Gasteiger partial charge in [-0.25, -0.2) is 0 Å². The molecule has 4 aliphatic rings. The van der Waals surface area contributed by atoms with Crippen LogP contribution in [-0.2, 0) is 9.53 Å². The van der Waals surface area contributed by atoms with E-state index in [4.69, 9.17) is 4.74 Å². The zero-order valence-corrected chi connectivity index (χ0v) is 18.4. The van der Waals surface area contributed by atoms with E-state index in [2.05, 4.69) is 13.8 Å². The van der Waals surface area contributed by atoms with Gasteiger partial charge in [0.15, 0.2) is 0 Å². The van der Waals surface area contributed by atoms with Crippen molar-refractivity contribution < 1.29 is 13.9 Å². The van der Waals surface area contributed by atoms with E-state index in [0.717, 1.165) is 30.1 Å². The van der Waals surface area contributed by atoms with Gasteiger partial charge in [-0.3, -0.25) is 9.18 Å². The van der Waals surface area contributed by atoms with Crippen LogP contribution in [0.15, 0.2) is 0 Å². The molecule has 8 atom stereocenters. The minimum atomic E-state index is -0.579. The standard InChI is InChI=1S/C25H41FO2/c1-24-14-5-4-6-18(24)9-11-20-21-12-10-19(25(21,2)15-13-22(20)24)8-7-17(16-26)23(27)28-3/h17-22H,4-16H2,1-3H3. The van der Waals surface area contributed by atoms with Gasteiger partial charge in [-0.05, 0) is 105 Å². The summed E-state index contributed by atoms with van der Waals surface area (Å²) < 4.78 is 18.1. The van der Waals surface area contributed by atoms with Gasteiger partial charge in [0.2, 0.25) is 0 Å². The van der Waals surface area contributed by atoms with Gasteiger partial charge in [0.25, 0.3) is 0 Å². The molecule has 4 rings (SSSR count). The second kappa shape index (κ2) is 7.91. The summed E-state index contributed by atoms with van der Waals surface area (Å²) >= 11 is 0. The number of hydrogen-bond donors (Lipinski definition) is 0. The average Bonchev–Trinajstić information content (AvgIpc) is 3.04. The van der Waals surface area contributed by atoms with Crippen molar-refractivity contribution in [3.8, 4) is 0 Å². The van der Waals surface area contributed by atoms with Crippen molar-refractivity contribution in [2.45, 2.75) is 90.9 Å². The van der Waals surface area contributed by atoms with Crippen molar-refractivity contribution in [2.24, 2.45) is 46.3 Å². The maximum absolute atomic E-state index is 13.3. The Hall–Kier alpha value is -0.600. The summed E-state index contributed by atoms with van der Waals surface area (Å²) in [6.07, 6.45) is 15.8. The van der Waals surface area contributed by atoms with Gasteiger partial charge in [-0.1, -0.05) is 26.7 Å². The number of methoxy groups -OCH3 is 1. The fourth-order valence-corrected chi connectivity index (χ4v) is 8.71. The van der Waals surface area contributed by atoms with Gasteiger partial charge in [0, 0.05) is 0 Å². The molecule has 0 aromatic rings. The van der Waals surface area contributed by atoms with Crippen molar-refractivity contribution in [1.82, 2.24) is 0 Å². The van der Waals surface area contributed by atoms with E-state index in [1.54, 1.807) is 0 Å². The largest absolute Gasteiger partial charge is 0.469 e. The van der Waals surface area contributed by atoms with Crippen LogP contribution in [0.1, 0.15) is 90.9 Å². The van der Waals surface area contributed by atoms with Gasteiger partial charge in [0.1, 0.15) is 6.67 Å². The molecule has 0 radical (unpaired) electrons. The number of halogens is 1. The molecule has 4 aliphatic carbocycles. The lowest BCUT2D eigenvalue weighted by molar-refractivity contribution is -0.146. The quantitative estimate of drug-likeness (QED) is 0.494. The number of hydrogen-bond acceptors (Lipinski definition) is 2. The van der Waals surface area contributed by atoms with E-state index in [-0.39, 0.29) is 5.97 Å². The number of alkyl halides is 1. The first-order valence-electron chi connectivity index (χ1n) is 12.1. The molecule has 0 amide bonds. The first kappa shape index (κ1) is 20.7. The lowest BCUT2D eigenvalue weighted by Crippen LogP contribution is -2.52. The fraction of sp³-hybridized carbons (Fsp3) is 0.960. The molecule has 8 unspecified atom stereocenters. The van der Waals surface area contributed by atoms with E-state index >= 15 is 0 Å². The normalized spacial score (nSPS) is 46.2. The van der Waals surface area contributed by atoms with Crippen LogP contribution in [0.3, 0.4) is 0 Å². The Kier molecular flexibility index (Phi) is 5.84. The van der Waals surface area contributed by atoms with E-state index in [1.807, 2.05) is 0 Å². The lowest BCUT2D eigenvalue weighted by atomic mass is 9.45. The average molecular weight is 393 g/mol. The molecule has 0 aromatic carbocycles. The molecule has 4 saturated carbocycles. The summed E-state index contributed by atoms with van der Waals surface area (Å²) in [6, 6.07) is 0. The second-order valence-electron chi connectivity index (χ2n) is 11.2. The Balaban J connectivity index is 1.45. The Labute approximate surface area is 171 Å². The van der Waals surface area contributed by atoms with Gasteiger partial charge in [0.05, 0.1) is 13.0 Å². The topological polar surface area (TPSA) is 26.3 Å². The molecule has 160 valence electrons. The molecule has 0 aliphatic heterocycles. The van der Waals surface area contributed by atoms with Gasteiger partial charge in [-0.15, -0.1) is 0 Å². The number of rotatable bonds is 5. The zero-order valence-electron chi connectivity index (χ0n) is 18.4. The van der Waals surface area contributed by atoms with Crippen LogP contribution in [0.4, 0.5) is 4.39 Å². The molecule has 2 nitrogen and oxygen atoms in total. The highest BCUT2D eigenvalue weighted by molar-refractivity contribution is 5.72. The summed E-state index contributed by atoms with van der Waals surface area (Å²) in [5.74, 6) is 3.44. The number of fused-ring (bicyclic) bond motifs is 5.